The molecule has 0 fully saturated rings. The fourth-order valence-electron chi connectivity index (χ4n) is 3.34. The maximum atomic E-state index is 11.6. The Labute approximate surface area is 158 Å². The molecule has 0 unspecified atom stereocenters. The highest BCUT2D eigenvalue weighted by atomic mass is 16.4. The summed E-state index contributed by atoms with van der Waals surface area (Å²) in [6.45, 7) is 4.42. The van der Waals surface area contributed by atoms with Gasteiger partial charge in [-0.15, -0.1) is 0 Å². The van der Waals surface area contributed by atoms with E-state index in [0.29, 0.717) is 5.56 Å². The lowest BCUT2D eigenvalue weighted by Crippen LogP contribution is -2.01. The molecule has 0 radical (unpaired) electrons. The van der Waals surface area contributed by atoms with E-state index in [0.717, 1.165) is 24.0 Å². The van der Waals surface area contributed by atoms with E-state index in [1.54, 1.807) is 6.07 Å². The summed E-state index contributed by atoms with van der Waals surface area (Å²) in [7, 11) is 0. The molecule has 0 aromatic heterocycles. The van der Waals surface area contributed by atoms with Gasteiger partial charge in [0, 0.05) is 0 Å². The van der Waals surface area contributed by atoms with Gasteiger partial charge >= 0.3 is 5.97 Å². The quantitative estimate of drug-likeness (QED) is 0.446. The number of hydrogen-bond acceptors (Lipinski definition) is 1. The van der Waals surface area contributed by atoms with Gasteiger partial charge in [-0.2, -0.15) is 0 Å². The topological polar surface area (TPSA) is 37.3 Å². The van der Waals surface area contributed by atoms with Gasteiger partial charge in [0.25, 0.3) is 0 Å². The fraction of sp³-hybridized carbons (Fsp3) is 0.458. The van der Waals surface area contributed by atoms with Gasteiger partial charge in [0.1, 0.15) is 0 Å². The van der Waals surface area contributed by atoms with Gasteiger partial charge in [-0.3, -0.25) is 0 Å². The Kier molecular flexibility index (Phi) is 8.40. The molecule has 0 bridgehead atoms. The SMILES string of the molecule is CCCCCCCc1ccc(C(=O)O)c(-c2ccc(CCCC)cc2)c1. The van der Waals surface area contributed by atoms with E-state index in [-0.39, 0.29) is 0 Å². The summed E-state index contributed by atoms with van der Waals surface area (Å²) in [5.74, 6) is -0.857. The van der Waals surface area contributed by atoms with Crippen molar-refractivity contribution in [3.05, 3.63) is 59.2 Å². The van der Waals surface area contributed by atoms with Crippen molar-refractivity contribution in [3.8, 4) is 11.1 Å². The first kappa shape index (κ1) is 20.2. The monoisotopic (exact) mass is 352 g/mol. The molecule has 0 aliphatic rings. The van der Waals surface area contributed by atoms with Gasteiger partial charge < -0.3 is 5.11 Å². The number of unbranched alkanes of at least 4 members (excludes halogenated alkanes) is 5. The molecule has 0 heterocycles. The van der Waals surface area contributed by atoms with Crippen molar-refractivity contribution in [1.82, 2.24) is 0 Å². The second kappa shape index (κ2) is 10.8. The molecule has 2 aromatic carbocycles. The Balaban J connectivity index is 2.16. The van der Waals surface area contributed by atoms with Gasteiger partial charge in [0.2, 0.25) is 0 Å². The summed E-state index contributed by atoms with van der Waals surface area (Å²) < 4.78 is 0. The molecular weight excluding hydrogens is 320 g/mol. The molecule has 0 aliphatic heterocycles. The van der Waals surface area contributed by atoms with Crippen molar-refractivity contribution in [2.24, 2.45) is 0 Å². The van der Waals surface area contributed by atoms with Crippen LogP contribution in [0.25, 0.3) is 11.1 Å². The molecule has 0 amide bonds. The Morgan fingerprint density at radius 1 is 0.769 bits per heavy atom. The summed E-state index contributed by atoms with van der Waals surface area (Å²) in [5, 5.41) is 9.56. The molecular formula is C24H32O2. The van der Waals surface area contributed by atoms with Crippen LogP contribution in [-0.2, 0) is 12.8 Å². The van der Waals surface area contributed by atoms with Crippen molar-refractivity contribution < 1.29 is 9.90 Å². The van der Waals surface area contributed by atoms with E-state index >= 15 is 0 Å². The van der Waals surface area contributed by atoms with Crippen LogP contribution in [0.4, 0.5) is 0 Å². The molecule has 26 heavy (non-hydrogen) atoms. The number of aromatic carboxylic acids is 1. The van der Waals surface area contributed by atoms with Gasteiger partial charge in [-0.25, -0.2) is 4.79 Å². The van der Waals surface area contributed by atoms with Crippen LogP contribution in [0.3, 0.4) is 0 Å². The number of aryl methyl sites for hydroxylation is 2. The van der Waals surface area contributed by atoms with E-state index in [4.69, 9.17) is 0 Å². The van der Waals surface area contributed by atoms with Gasteiger partial charge in [0.15, 0.2) is 0 Å². The molecule has 140 valence electrons. The standard InChI is InChI=1S/C24H32O2/c1-3-5-7-8-9-11-20-14-17-22(24(25)26)23(18-20)21-15-12-19(13-16-21)10-6-4-2/h12-18H,3-11H2,1-2H3,(H,25,26). The molecule has 0 saturated heterocycles. The minimum absolute atomic E-state index is 0.390. The zero-order chi connectivity index (χ0) is 18.8. The Hall–Kier alpha value is -2.09. The third-order valence-electron chi connectivity index (χ3n) is 4.97. The summed E-state index contributed by atoms with van der Waals surface area (Å²) in [4.78, 5) is 11.6. The second-order valence-corrected chi connectivity index (χ2v) is 7.15. The van der Waals surface area contributed by atoms with Crippen molar-refractivity contribution in [2.45, 2.75) is 71.6 Å². The predicted octanol–water partition coefficient (Wildman–Crippen LogP) is 6.91. The highest BCUT2D eigenvalue weighted by molar-refractivity contribution is 5.96. The molecule has 2 aromatic rings. The Morgan fingerprint density at radius 3 is 2.04 bits per heavy atom. The predicted molar refractivity (Wildman–Crippen MR) is 110 cm³/mol. The number of carbonyl (C=O) groups is 1. The lowest BCUT2D eigenvalue weighted by atomic mass is 9.94. The molecule has 2 heteroatoms. The lowest BCUT2D eigenvalue weighted by Gasteiger charge is -2.11. The van der Waals surface area contributed by atoms with Crippen LogP contribution in [0, 0.1) is 0 Å². The molecule has 1 N–H and O–H groups in total. The number of carboxylic acid groups (broad SMARTS) is 1. The zero-order valence-corrected chi connectivity index (χ0v) is 16.3. The summed E-state index contributed by atoms with van der Waals surface area (Å²) in [5.41, 5.74) is 4.78. The largest absolute Gasteiger partial charge is 0.478 e. The number of rotatable bonds is 11. The molecule has 2 rings (SSSR count). The maximum absolute atomic E-state index is 11.6. The average Bonchev–Trinajstić information content (AvgIpc) is 2.66. The zero-order valence-electron chi connectivity index (χ0n) is 16.3. The van der Waals surface area contributed by atoms with Crippen molar-refractivity contribution in [1.29, 1.82) is 0 Å². The Morgan fingerprint density at radius 2 is 1.38 bits per heavy atom. The van der Waals surface area contributed by atoms with Crippen LogP contribution in [-0.4, -0.2) is 11.1 Å². The van der Waals surface area contributed by atoms with E-state index < -0.39 is 5.97 Å². The number of hydrogen-bond donors (Lipinski definition) is 1. The normalized spacial score (nSPS) is 10.8. The minimum atomic E-state index is -0.857. The molecule has 0 aliphatic carbocycles. The summed E-state index contributed by atoms with van der Waals surface area (Å²) in [6, 6.07) is 14.2. The van der Waals surface area contributed by atoms with Crippen LogP contribution >= 0.6 is 0 Å². The first-order valence-electron chi connectivity index (χ1n) is 10.1. The van der Waals surface area contributed by atoms with E-state index in [2.05, 4.69) is 44.2 Å². The maximum Gasteiger partial charge on any atom is 0.336 e. The van der Waals surface area contributed by atoms with Gasteiger partial charge in [-0.05, 0) is 54.0 Å². The first-order chi connectivity index (χ1) is 12.7. The van der Waals surface area contributed by atoms with Crippen LogP contribution in [0.1, 0.15) is 80.3 Å². The number of carboxylic acids is 1. The van der Waals surface area contributed by atoms with Crippen molar-refractivity contribution >= 4 is 5.97 Å². The van der Waals surface area contributed by atoms with Gasteiger partial charge in [0.05, 0.1) is 5.56 Å². The van der Waals surface area contributed by atoms with E-state index in [1.165, 1.54) is 56.1 Å². The fourth-order valence-corrected chi connectivity index (χ4v) is 3.34. The van der Waals surface area contributed by atoms with Crippen LogP contribution in [0.15, 0.2) is 42.5 Å². The van der Waals surface area contributed by atoms with Crippen LogP contribution in [0.2, 0.25) is 0 Å². The third kappa shape index (κ3) is 6.01. The molecule has 0 spiro atoms. The van der Waals surface area contributed by atoms with Crippen molar-refractivity contribution in [3.63, 3.8) is 0 Å². The second-order valence-electron chi connectivity index (χ2n) is 7.15. The average molecular weight is 353 g/mol. The van der Waals surface area contributed by atoms with E-state index in [9.17, 15) is 9.90 Å². The summed E-state index contributed by atoms with van der Waals surface area (Å²) >= 11 is 0. The minimum Gasteiger partial charge on any atom is -0.478 e. The highest BCUT2D eigenvalue weighted by Gasteiger charge is 2.12. The highest BCUT2D eigenvalue weighted by Crippen LogP contribution is 2.27. The number of benzene rings is 2. The van der Waals surface area contributed by atoms with Crippen LogP contribution in [0.5, 0.6) is 0 Å². The summed E-state index contributed by atoms with van der Waals surface area (Å²) in [6.07, 6.45) is 10.7. The Bertz CT molecular complexity index is 686. The van der Waals surface area contributed by atoms with E-state index in [1.807, 2.05) is 6.07 Å². The molecule has 2 nitrogen and oxygen atoms in total. The molecule has 0 saturated carbocycles. The molecule has 0 atom stereocenters. The lowest BCUT2D eigenvalue weighted by molar-refractivity contribution is 0.0697. The van der Waals surface area contributed by atoms with Crippen LogP contribution < -0.4 is 0 Å². The first-order valence-corrected chi connectivity index (χ1v) is 10.1. The third-order valence-corrected chi connectivity index (χ3v) is 4.97. The van der Waals surface area contributed by atoms with Crippen molar-refractivity contribution in [2.75, 3.05) is 0 Å². The van der Waals surface area contributed by atoms with Gasteiger partial charge in [-0.1, -0.05) is 82.3 Å². The smallest absolute Gasteiger partial charge is 0.336 e.